The molecule has 128 valence electrons. The number of allylic oxidation sites excluding steroid dienone is 2. The Hall–Kier alpha value is -2.08. The fraction of sp³-hybridized carbons (Fsp3) is 0.333. The van der Waals surface area contributed by atoms with E-state index >= 15 is 0 Å². The highest BCUT2D eigenvalue weighted by Gasteiger charge is 2.29. The van der Waals surface area contributed by atoms with Crippen LogP contribution in [0.1, 0.15) is 31.2 Å². The van der Waals surface area contributed by atoms with Gasteiger partial charge in [0.2, 0.25) is 0 Å². The Bertz CT molecular complexity index is 660. The van der Waals surface area contributed by atoms with Crippen LogP contribution in [0.15, 0.2) is 52.4 Å². The van der Waals surface area contributed by atoms with Gasteiger partial charge in [0.15, 0.2) is 0 Å². The smallest absolute Gasteiger partial charge is 0.334 e. The number of carbonyl (C=O) groups is 2. The molecule has 0 aliphatic carbocycles. The third-order valence-electron chi connectivity index (χ3n) is 3.48. The monoisotopic (exact) mass is 394 g/mol. The lowest BCUT2D eigenvalue weighted by atomic mass is 9.95. The summed E-state index contributed by atoms with van der Waals surface area (Å²) < 4.78 is 16.5. The summed E-state index contributed by atoms with van der Waals surface area (Å²) in [4.78, 5) is 23.9. The molecule has 0 N–H and O–H groups in total. The minimum absolute atomic E-state index is 0.301. The van der Waals surface area contributed by atoms with Crippen LogP contribution >= 0.6 is 15.9 Å². The van der Waals surface area contributed by atoms with Gasteiger partial charge >= 0.3 is 11.9 Å². The molecule has 2 rings (SSSR count). The quantitative estimate of drug-likeness (QED) is 0.560. The summed E-state index contributed by atoms with van der Waals surface area (Å²) in [5.74, 6) is -0.593. The van der Waals surface area contributed by atoms with Crippen LogP contribution in [0.5, 0.6) is 0 Å². The second-order valence-corrected chi connectivity index (χ2v) is 6.03. The molecule has 0 aromatic heterocycles. The van der Waals surface area contributed by atoms with Gasteiger partial charge in [-0.25, -0.2) is 4.79 Å². The van der Waals surface area contributed by atoms with Gasteiger partial charge in [0, 0.05) is 10.9 Å². The highest BCUT2D eigenvalue weighted by molar-refractivity contribution is 9.10. The number of rotatable bonds is 5. The van der Waals surface area contributed by atoms with Gasteiger partial charge in [0.25, 0.3) is 0 Å². The van der Waals surface area contributed by atoms with E-state index in [0.29, 0.717) is 31.0 Å². The van der Waals surface area contributed by atoms with Crippen LogP contribution in [0.3, 0.4) is 0 Å². The molecule has 1 heterocycles. The Morgan fingerprint density at radius 2 is 2.04 bits per heavy atom. The van der Waals surface area contributed by atoms with Crippen molar-refractivity contribution in [1.82, 2.24) is 0 Å². The van der Waals surface area contributed by atoms with Gasteiger partial charge in [-0.05, 0) is 37.1 Å². The summed E-state index contributed by atoms with van der Waals surface area (Å²) in [6.07, 6.45) is 4.43. The molecule has 0 saturated carbocycles. The van der Waals surface area contributed by atoms with Crippen LogP contribution in [0.25, 0.3) is 0 Å². The van der Waals surface area contributed by atoms with Crippen molar-refractivity contribution in [3.8, 4) is 0 Å². The lowest BCUT2D eigenvalue weighted by molar-refractivity contribution is -0.142. The highest BCUT2D eigenvalue weighted by Crippen LogP contribution is 2.33. The first-order valence-corrected chi connectivity index (χ1v) is 8.43. The Labute approximate surface area is 149 Å². The lowest BCUT2D eigenvalue weighted by Crippen LogP contribution is -2.20. The van der Waals surface area contributed by atoms with Crippen LogP contribution in [0, 0.1) is 0 Å². The van der Waals surface area contributed by atoms with Crippen molar-refractivity contribution in [2.24, 2.45) is 0 Å². The zero-order valence-corrected chi connectivity index (χ0v) is 15.2. The van der Waals surface area contributed by atoms with E-state index in [-0.39, 0.29) is 0 Å². The summed E-state index contributed by atoms with van der Waals surface area (Å²) in [5.41, 5.74) is 0.758. The average molecular weight is 395 g/mol. The van der Waals surface area contributed by atoms with Crippen LogP contribution in [-0.2, 0) is 23.8 Å². The molecule has 1 aromatic carbocycles. The summed E-state index contributed by atoms with van der Waals surface area (Å²) in [6, 6.07) is 7.37. The van der Waals surface area contributed by atoms with E-state index in [1.807, 2.05) is 30.3 Å². The van der Waals surface area contributed by atoms with E-state index in [1.54, 1.807) is 6.92 Å². The minimum Gasteiger partial charge on any atom is -0.468 e. The molecule has 1 atom stereocenters. The van der Waals surface area contributed by atoms with E-state index in [1.165, 1.54) is 13.2 Å². The van der Waals surface area contributed by atoms with Gasteiger partial charge in [0.1, 0.15) is 17.4 Å². The van der Waals surface area contributed by atoms with E-state index < -0.39 is 17.9 Å². The number of methoxy groups -OCH3 is 1. The Balaban J connectivity index is 2.26. The molecule has 1 aromatic rings. The van der Waals surface area contributed by atoms with Crippen molar-refractivity contribution in [3.63, 3.8) is 0 Å². The number of benzene rings is 1. The number of esters is 2. The van der Waals surface area contributed by atoms with Crippen molar-refractivity contribution in [2.45, 2.75) is 25.7 Å². The molecule has 1 unspecified atom stereocenters. The van der Waals surface area contributed by atoms with Gasteiger partial charge in [-0.1, -0.05) is 28.1 Å². The predicted molar refractivity (Wildman–Crippen MR) is 92.0 cm³/mol. The fourth-order valence-corrected chi connectivity index (χ4v) is 2.65. The second kappa shape index (κ2) is 8.68. The molecule has 1 aliphatic heterocycles. The topological polar surface area (TPSA) is 61.8 Å². The minimum atomic E-state index is -0.672. The van der Waals surface area contributed by atoms with Gasteiger partial charge in [-0.3, -0.25) is 4.79 Å². The third kappa shape index (κ3) is 4.71. The van der Waals surface area contributed by atoms with Crippen LogP contribution in [0.2, 0.25) is 0 Å². The molecule has 1 aliphatic rings. The third-order valence-corrected chi connectivity index (χ3v) is 4.00. The van der Waals surface area contributed by atoms with E-state index in [4.69, 9.17) is 14.2 Å². The zero-order chi connectivity index (χ0) is 17.5. The fourth-order valence-electron chi connectivity index (χ4n) is 2.38. The standard InChI is InChI=1S/C18H19BrO5/c1-3-23-16(20)11-14-5-4-6-15(24-14)17(18(21)22-2)12-7-9-13(19)10-8-12/h6-11,17H,3-5H2,1-2H3/b14-11+. The van der Waals surface area contributed by atoms with Crippen molar-refractivity contribution < 1.29 is 23.8 Å². The molecule has 0 saturated heterocycles. The van der Waals surface area contributed by atoms with Gasteiger partial charge in [-0.15, -0.1) is 0 Å². The average Bonchev–Trinajstić information content (AvgIpc) is 2.57. The molecular weight excluding hydrogens is 376 g/mol. The molecule has 0 bridgehead atoms. The van der Waals surface area contributed by atoms with Crippen LogP contribution in [-0.4, -0.2) is 25.7 Å². The SMILES string of the molecule is CCOC(=O)/C=C1\CCC=C(C(C(=O)OC)c2ccc(Br)cc2)O1. The Morgan fingerprint density at radius 3 is 2.67 bits per heavy atom. The maximum atomic E-state index is 12.3. The summed E-state index contributed by atoms with van der Waals surface area (Å²) in [7, 11) is 1.34. The van der Waals surface area contributed by atoms with Gasteiger partial charge in [-0.2, -0.15) is 0 Å². The molecule has 0 radical (unpaired) electrons. The van der Waals surface area contributed by atoms with Crippen LogP contribution in [0.4, 0.5) is 0 Å². The second-order valence-electron chi connectivity index (χ2n) is 5.12. The number of ether oxygens (including phenoxy) is 3. The first-order chi connectivity index (χ1) is 11.5. The molecule has 0 spiro atoms. The number of hydrogen-bond acceptors (Lipinski definition) is 5. The van der Waals surface area contributed by atoms with Crippen molar-refractivity contribution >= 4 is 27.9 Å². The molecule has 6 heteroatoms. The normalized spacial score (nSPS) is 16.8. The van der Waals surface area contributed by atoms with Crippen molar-refractivity contribution in [1.29, 1.82) is 0 Å². The zero-order valence-electron chi connectivity index (χ0n) is 13.6. The Kier molecular flexibility index (Phi) is 6.61. The van der Waals surface area contributed by atoms with E-state index in [2.05, 4.69) is 15.9 Å². The van der Waals surface area contributed by atoms with Crippen LogP contribution < -0.4 is 0 Å². The van der Waals surface area contributed by atoms with Gasteiger partial charge in [0.05, 0.1) is 19.8 Å². The Morgan fingerprint density at radius 1 is 1.33 bits per heavy atom. The summed E-state index contributed by atoms with van der Waals surface area (Å²) in [5, 5.41) is 0. The van der Waals surface area contributed by atoms with Crippen molar-refractivity contribution in [3.05, 3.63) is 58.0 Å². The first kappa shape index (κ1) is 18.3. The first-order valence-electron chi connectivity index (χ1n) is 7.63. The molecular formula is C18H19BrO5. The maximum Gasteiger partial charge on any atom is 0.334 e. The number of carbonyl (C=O) groups excluding carboxylic acids is 2. The number of halogens is 1. The molecule has 24 heavy (non-hydrogen) atoms. The largest absolute Gasteiger partial charge is 0.468 e. The molecule has 5 nitrogen and oxygen atoms in total. The maximum absolute atomic E-state index is 12.3. The number of hydrogen-bond donors (Lipinski definition) is 0. The van der Waals surface area contributed by atoms with Gasteiger partial charge < -0.3 is 14.2 Å². The van der Waals surface area contributed by atoms with Crippen molar-refractivity contribution in [2.75, 3.05) is 13.7 Å². The summed E-state index contributed by atoms with van der Waals surface area (Å²) >= 11 is 3.37. The molecule has 0 amide bonds. The lowest BCUT2D eigenvalue weighted by Gasteiger charge is -2.23. The molecule has 0 fully saturated rings. The van der Waals surface area contributed by atoms with E-state index in [9.17, 15) is 9.59 Å². The summed E-state index contributed by atoms with van der Waals surface area (Å²) in [6.45, 7) is 2.04. The van der Waals surface area contributed by atoms with E-state index in [0.717, 1.165) is 10.0 Å². The predicted octanol–water partition coefficient (Wildman–Crippen LogP) is 3.85. The highest BCUT2D eigenvalue weighted by atomic mass is 79.9.